The maximum Gasteiger partial charge on any atom is 0.115 e. The van der Waals surface area contributed by atoms with Gasteiger partial charge in [-0.05, 0) is 53.9 Å². The third kappa shape index (κ3) is 2.07. The normalized spacial score (nSPS) is 20.6. The molecule has 1 aromatic rings. The number of phenolic OH excluding ortho intramolecular Hbond substituents is 1. The Morgan fingerprint density at radius 1 is 1.31 bits per heavy atom. The molecule has 0 amide bonds. The molecule has 0 bridgehead atoms. The second kappa shape index (κ2) is 4.10. The molecule has 0 aliphatic heterocycles. The molecule has 0 aromatic heterocycles. The number of aryl methyl sites for hydroxylation is 1. The summed E-state index contributed by atoms with van der Waals surface area (Å²) in [6.07, 6.45) is 3.13. The minimum absolute atomic E-state index is 0.00439. The zero-order valence-electron chi connectivity index (χ0n) is 10.0. The lowest BCUT2D eigenvalue weighted by Crippen LogP contribution is -2.32. The van der Waals surface area contributed by atoms with E-state index >= 15 is 0 Å². The van der Waals surface area contributed by atoms with Crippen molar-refractivity contribution in [2.24, 2.45) is 11.3 Å². The van der Waals surface area contributed by atoms with E-state index in [2.05, 4.69) is 13.8 Å². The summed E-state index contributed by atoms with van der Waals surface area (Å²) in [6, 6.07) is 5.65. The molecule has 1 unspecified atom stereocenters. The number of fused-ring (bicyclic) bond motifs is 1. The molecule has 1 atom stereocenters. The standard InChI is InChI=1S/C14H20O2/c1-14(2,9-15)12-5-3-11-8-13(16)6-4-10(11)7-12/h4,6,8,12,15-16H,3,5,7,9H2,1-2H3. The second-order valence-electron chi connectivity index (χ2n) is 5.54. The Morgan fingerprint density at radius 2 is 2.06 bits per heavy atom. The number of phenols is 1. The molecule has 1 aromatic carbocycles. The minimum Gasteiger partial charge on any atom is -0.508 e. The van der Waals surface area contributed by atoms with Crippen molar-refractivity contribution in [3.8, 4) is 5.75 Å². The van der Waals surface area contributed by atoms with E-state index in [0.29, 0.717) is 11.7 Å². The van der Waals surface area contributed by atoms with Gasteiger partial charge in [-0.25, -0.2) is 0 Å². The van der Waals surface area contributed by atoms with Crippen LogP contribution in [0.15, 0.2) is 18.2 Å². The van der Waals surface area contributed by atoms with Crippen molar-refractivity contribution >= 4 is 0 Å². The van der Waals surface area contributed by atoms with Gasteiger partial charge in [-0.15, -0.1) is 0 Å². The first-order valence-corrected chi connectivity index (χ1v) is 5.94. The Bertz CT molecular complexity index is 382. The fraction of sp³-hybridized carbons (Fsp3) is 0.571. The van der Waals surface area contributed by atoms with E-state index in [4.69, 9.17) is 0 Å². The topological polar surface area (TPSA) is 40.5 Å². The van der Waals surface area contributed by atoms with Gasteiger partial charge >= 0.3 is 0 Å². The van der Waals surface area contributed by atoms with Crippen molar-refractivity contribution in [1.29, 1.82) is 0 Å². The van der Waals surface area contributed by atoms with Gasteiger partial charge in [0.25, 0.3) is 0 Å². The summed E-state index contributed by atoms with van der Waals surface area (Å²) in [7, 11) is 0. The Hall–Kier alpha value is -1.02. The summed E-state index contributed by atoms with van der Waals surface area (Å²) < 4.78 is 0. The highest BCUT2D eigenvalue weighted by molar-refractivity contribution is 5.36. The number of aliphatic hydroxyl groups is 1. The summed E-state index contributed by atoms with van der Waals surface area (Å²) in [6.45, 7) is 4.50. The van der Waals surface area contributed by atoms with Gasteiger partial charge in [0.15, 0.2) is 0 Å². The molecule has 0 spiro atoms. The van der Waals surface area contributed by atoms with Crippen LogP contribution in [-0.2, 0) is 12.8 Å². The largest absolute Gasteiger partial charge is 0.508 e. The zero-order valence-corrected chi connectivity index (χ0v) is 10.0. The molecule has 16 heavy (non-hydrogen) atoms. The second-order valence-corrected chi connectivity index (χ2v) is 5.54. The molecule has 1 aliphatic carbocycles. The smallest absolute Gasteiger partial charge is 0.115 e. The van der Waals surface area contributed by atoms with E-state index in [1.807, 2.05) is 12.1 Å². The molecular weight excluding hydrogens is 200 g/mol. The molecule has 88 valence electrons. The molecule has 0 saturated carbocycles. The van der Waals surface area contributed by atoms with Crippen molar-refractivity contribution in [1.82, 2.24) is 0 Å². The van der Waals surface area contributed by atoms with Crippen molar-refractivity contribution in [3.05, 3.63) is 29.3 Å². The van der Waals surface area contributed by atoms with Crippen molar-refractivity contribution in [2.75, 3.05) is 6.61 Å². The number of benzene rings is 1. The number of aromatic hydroxyl groups is 1. The van der Waals surface area contributed by atoms with E-state index in [1.54, 1.807) is 6.07 Å². The number of hydrogen-bond acceptors (Lipinski definition) is 2. The predicted octanol–water partition coefficient (Wildman–Crippen LogP) is 2.52. The highest BCUT2D eigenvalue weighted by Crippen LogP contribution is 2.38. The van der Waals surface area contributed by atoms with E-state index in [1.165, 1.54) is 11.1 Å². The van der Waals surface area contributed by atoms with Crippen LogP contribution in [0.4, 0.5) is 0 Å². The average Bonchev–Trinajstić information content (AvgIpc) is 2.28. The third-order valence-corrected chi connectivity index (χ3v) is 3.93. The fourth-order valence-electron chi connectivity index (χ4n) is 2.54. The molecule has 2 nitrogen and oxygen atoms in total. The monoisotopic (exact) mass is 220 g/mol. The van der Waals surface area contributed by atoms with Crippen LogP contribution in [0.1, 0.15) is 31.4 Å². The van der Waals surface area contributed by atoms with Crippen LogP contribution in [0.5, 0.6) is 5.75 Å². The first-order valence-electron chi connectivity index (χ1n) is 5.94. The summed E-state index contributed by atoms with van der Waals surface area (Å²) in [4.78, 5) is 0. The van der Waals surface area contributed by atoms with E-state index in [0.717, 1.165) is 19.3 Å². The molecule has 2 heteroatoms. The Balaban J connectivity index is 2.21. The highest BCUT2D eigenvalue weighted by Gasteiger charge is 2.31. The fourth-order valence-corrected chi connectivity index (χ4v) is 2.54. The summed E-state index contributed by atoms with van der Waals surface area (Å²) in [5, 5.41) is 18.8. The molecule has 0 radical (unpaired) electrons. The maximum atomic E-state index is 9.42. The van der Waals surface area contributed by atoms with Crippen molar-refractivity contribution < 1.29 is 10.2 Å². The molecule has 2 rings (SSSR count). The van der Waals surface area contributed by atoms with Gasteiger partial charge in [-0.3, -0.25) is 0 Å². The van der Waals surface area contributed by atoms with Crippen molar-refractivity contribution in [2.45, 2.75) is 33.1 Å². The number of hydrogen-bond donors (Lipinski definition) is 2. The zero-order chi connectivity index (χ0) is 11.8. The van der Waals surface area contributed by atoms with Crippen LogP contribution in [0.2, 0.25) is 0 Å². The molecule has 0 fully saturated rings. The summed E-state index contributed by atoms with van der Waals surface area (Å²) >= 11 is 0. The van der Waals surface area contributed by atoms with Crippen LogP contribution in [0, 0.1) is 11.3 Å². The lowest BCUT2D eigenvalue weighted by molar-refractivity contribution is 0.0875. The number of aliphatic hydroxyl groups excluding tert-OH is 1. The minimum atomic E-state index is -0.00439. The van der Waals surface area contributed by atoms with Crippen LogP contribution >= 0.6 is 0 Å². The first kappa shape index (κ1) is 11.5. The van der Waals surface area contributed by atoms with Gasteiger partial charge in [0.1, 0.15) is 5.75 Å². The van der Waals surface area contributed by atoms with Crippen LogP contribution in [-0.4, -0.2) is 16.8 Å². The summed E-state index contributed by atoms with van der Waals surface area (Å²) in [5.41, 5.74) is 2.59. The van der Waals surface area contributed by atoms with E-state index in [-0.39, 0.29) is 12.0 Å². The van der Waals surface area contributed by atoms with Gasteiger partial charge in [0, 0.05) is 6.61 Å². The van der Waals surface area contributed by atoms with Gasteiger partial charge in [-0.1, -0.05) is 19.9 Å². The van der Waals surface area contributed by atoms with Gasteiger partial charge in [0.2, 0.25) is 0 Å². The van der Waals surface area contributed by atoms with Crippen LogP contribution < -0.4 is 0 Å². The lowest BCUT2D eigenvalue weighted by atomic mass is 9.70. The Morgan fingerprint density at radius 3 is 2.75 bits per heavy atom. The third-order valence-electron chi connectivity index (χ3n) is 3.93. The summed E-state index contributed by atoms with van der Waals surface area (Å²) in [5.74, 6) is 0.896. The van der Waals surface area contributed by atoms with Crippen LogP contribution in [0.3, 0.4) is 0 Å². The Kier molecular flexibility index (Phi) is 2.94. The quantitative estimate of drug-likeness (QED) is 0.804. The molecular formula is C14H20O2. The molecule has 1 aliphatic rings. The average molecular weight is 220 g/mol. The van der Waals surface area contributed by atoms with Crippen LogP contribution in [0.25, 0.3) is 0 Å². The predicted molar refractivity (Wildman–Crippen MR) is 64.5 cm³/mol. The van der Waals surface area contributed by atoms with E-state index in [9.17, 15) is 10.2 Å². The number of rotatable bonds is 2. The highest BCUT2D eigenvalue weighted by atomic mass is 16.3. The van der Waals surface area contributed by atoms with Gasteiger partial charge < -0.3 is 10.2 Å². The van der Waals surface area contributed by atoms with Gasteiger partial charge in [0.05, 0.1) is 0 Å². The molecule has 0 saturated heterocycles. The lowest BCUT2D eigenvalue weighted by Gasteiger charge is -2.36. The Labute approximate surface area is 96.9 Å². The van der Waals surface area contributed by atoms with Gasteiger partial charge in [-0.2, -0.15) is 0 Å². The molecule has 0 heterocycles. The van der Waals surface area contributed by atoms with Crippen molar-refractivity contribution in [3.63, 3.8) is 0 Å². The first-order chi connectivity index (χ1) is 7.53. The molecule has 2 N–H and O–H groups in total. The maximum absolute atomic E-state index is 9.42. The SMILES string of the molecule is CC(C)(CO)C1CCc2cc(O)ccc2C1. The van der Waals surface area contributed by atoms with E-state index < -0.39 is 0 Å².